The molecule has 274 valence electrons. The molecule has 0 radical (unpaired) electrons. The highest BCUT2D eigenvalue weighted by molar-refractivity contribution is 5.87. The highest BCUT2D eigenvalue weighted by Gasteiger charge is 2.25. The van der Waals surface area contributed by atoms with Crippen LogP contribution >= 0.6 is 0 Å². The van der Waals surface area contributed by atoms with Gasteiger partial charge in [0, 0.05) is 44.7 Å². The number of likely N-dealkylation sites (N-methyl/N-ethyl adjacent to an activating group) is 2. The topological polar surface area (TPSA) is 99.0 Å². The first-order valence-electron chi connectivity index (χ1n) is 17.0. The van der Waals surface area contributed by atoms with Crippen LogP contribution in [0.25, 0.3) is 10.8 Å². The minimum Gasteiger partial charge on any atom is -0.354 e. The van der Waals surface area contributed by atoms with E-state index in [9.17, 15) is 23.2 Å². The van der Waals surface area contributed by atoms with Crippen molar-refractivity contribution in [1.82, 2.24) is 20.0 Å². The first-order valence-corrected chi connectivity index (χ1v) is 17.0. The van der Waals surface area contributed by atoms with Gasteiger partial charge in [-0.15, -0.1) is 0 Å². The Hall–Kier alpha value is -4.15. The monoisotopic (exact) mass is 693 g/mol. The number of hydrogen-bond acceptors (Lipinski definition) is 5. The summed E-state index contributed by atoms with van der Waals surface area (Å²) in [5.41, 5.74) is 7.35. The van der Waals surface area contributed by atoms with Crippen molar-refractivity contribution in [2.24, 2.45) is 5.73 Å². The van der Waals surface area contributed by atoms with Gasteiger partial charge in [-0.2, -0.15) is 0 Å². The summed E-state index contributed by atoms with van der Waals surface area (Å²) in [6.07, 6.45) is 8.85. The molecular formula is C40H57F2N5O3. The lowest BCUT2D eigenvalue weighted by Gasteiger charge is -2.25. The van der Waals surface area contributed by atoms with Crippen molar-refractivity contribution in [3.8, 4) is 0 Å². The standard InChI is InChI=1S/C21H28N2O.C18H25F2N3O2.CH4/c1-16(23(4)20(24)10-7-13-21(2,3)22)14-17-11-12-18-8-5-6-9-19(18)15-17;1-22-9-3-4-14(22)7-8-21-18(25)17(23(2)12-24)11-13-5-6-15(19)16(20)10-13;/h5-12,15-16H,13-14,22H2,1-4H3;5-6,10,12,14,17H,3-4,7-9,11H2,1-2H3,(H,21,25);1H4/b10-7+;;/t16-;;/m0../s1. The molecule has 10 heteroatoms. The van der Waals surface area contributed by atoms with Gasteiger partial charge in [-0.3, -0.25) is 14.4 Å². The average molecular weight is 694 g/mol. The molecule has 3 aromatic carbocycles. The lowest BCUT2D eigenvalue weighted by Crippen LogP contribution is -2.46. The molecule has 0 aromatic heterocycles. The summed E-state index contributed by atoms with van der Waals surface area (Å²) in [6, 6.07) is 18.2. The van der Waals surface area contributed by atoms with Gasteiger partial charge in [-0.05, 0) is 107 Å². The fourth-order valence-corrected chi connectivity index (χ4v) is 5.85. The van der Waals surface area contributed by atoms with Gasteiger partial charge in [0.2, 0.25) is 18.2 Å². The molecule has 3 N–H and O–H groups in total. The molecule has 2 unspecified atom stereocenters. The van der Waals surface area contributed by atoms with Crippen LogP contribution in [-0.2, 0) is 27.2 Å². The first-order chi connectivity index (χ1) is 23.2. The van der Waals surface area contributed by atoms with E-state index in [4.69, 9.17) is 5.73 Å². The molecule has 0 spiro atoms. The average Bonchev–Trinajstić information content (AvgIpc) is 3.48. The van der Waals surface area contributed by atoms with Crippen molar-refractivity contribution in [3.05, 3.63) is 95.6 Å². The van der Waals surface area contributed by atoms with Crippen molar-refractivity contribution in [3.63, 3.8) is 0 Å². The Bertz CT molecular complexity index is 1570. The number of fused-ring (bicyclic) bond motifs is 1. The van der Waals surface area contributed by atoms with Gasteiger partial charge in [-0.25, -0.2) is 8.78 Å². The Kier molecular flexibility index (Phi) is 16.7. The molecular weight excluding hydrogens is 636 g/mol. The van der Waals surface area contributed by atoms with Crippen LogP contribution in [-0.4, -0.2) is 90.8 Å². The molecule has 1 aliphatic rings. The zero-order valence-electron chi connectivity index (χ0n) is 29.8. The highest BCUT2D eigenvalue weighted by Crippen LogP contribution is 2.19. The van der Waals surface area contributed by atoms with Gasteiger partial charge in [-0.1, -0.05) is 62.0 Å². The van der Waals surface area contributed by atoms with Gasteiger partial charge < -0.3 is 25.8 Å². The molecule has 0 saturated carbocycles. The Labute approximate surface area is 297 Å². The summed E-state index contributed by atoms with van der Waals surface area (Å²) >= 11 is 0. The fourth-order valence-electron chi connectivity index (χ4n) is 5.85. The second kappa shape index (κ2) is 19.9. The summed E-state index contributed by atoms with van der Waals surface area (Å²) in [7, 11) is 5.43. The second-order valence-electron chi connectivity index (χ2n) is 13.9. The van der Waals surface area contributed by atoms with Gasteiger partial charge >= 0.3 is 0 Å². The maximum absolute atomic E-state index is 13.4. The van der Waals surface area contributed by atoms with Crippen molar-refractivity contribution in [2.75, 3.05) is 34.2 Å². The maximum atomic E-state index is 13.4. The Balaban J connectivity index is 0.000000340. The number of hydrogen-bond donors (Lipinski definition) is 2. The summed E-state index contributed by atoms with van der Waals surface area (Å²) < 4.78 is 26.4. The van der Waals surface area contributed by atoms with Crippen LogP contribution < -0.4 is 11.1 Å². The zero-order chi connectivity index (χ0) is 36.1. The van der Waals surface area contributed by atoms with E-state index in [2.05, 4.69) is 60.6 Å². The van der Waals surface area contributed by atoms with Crippen LogP contribution in [0.4, 0.5) is 8.78 Å². The molecule has 0 bridgehead atoms. The summed E-state index contributed by atoms with van der Waals surface area (Å²) in [5.74, 6) is -2.17. The number of benzene rings is 3. The number of likely N-dealkylation sites (tertiary alicyclic amines) is 1. The third-order valence-corrected chi connectivity index (χ3v) is 9.08. The zero-order valence-corrected chi connectivity index (χ0v) is 29.8. The van der Waals surface area contributed by atoms with Crippen LogP contribution in [0, 0.1) is 11.6 Å². The number of carbonyl (C=O) groups excluding carboxylic acids is 3. The quantitative estimate of drug-likeness (QED) is 0.157. The molecule has 0 aliphatic carbocycles. The van der Waals surface area contributed by atoms with Gasteiger partial charge in [0.25, 0.3) is 0 Å². The molecule has 8 nitrogen and oxygen atoms in total. The highest BCUT2D eigenvalue weighted by atomic mass is 19.2. The number of nitrogens with two attached hydrogens (primary N) is 1. The van der Waals surface area contributed by atoms with Crippen LogP contribution in [0.3, 0.4) is 0 Å². The predicted molar refractivity (Wildman–Crippen MR) is 200 cm³/mol. The van der Waals surface area contributed by atoms with E-state index < -0.39 is 17.7 Å². The number of nitrogens with zero attached hydrogens (tertiary/aromatic N) is 3. The molecule has 4 rings (SSSR count). The summed E-state index contributed by atoms with van der Waals surface area (Å²) in [6.45, 7) is 7.58. The lowest BCUT2D eigenvalue weighted by molar-refractivity contribution is -0.131. The molecule has 1 heterocycles. The smallest absolute Gasteiger partial charge is 0.246 e. The SMILES string of the molecule is C.CN(C=O)C(Cc1ccc(F)c(F)c1)C(=O)NCCC1CCCN1C.C[C@@H](Cc1ccc2ccccc2c1)N(C)C(=O)/C=C/CC(C)(C)N. The van der Waals surface area contributed by atoms with Crippen LogP contribution in [0.1, 0.15) is 65.0 Å². The number of carbonyl (C=O) groups is 3. The normalized spacial score (nSPS) is 15.8. The first kappa shape index (κ1) is 42.0. The van der Waals surface area contributed by atoms with Crippen molar-refractivity contribution in [2.45, 2.75) is 90.4 Å². The van der Waals surface area contributed by atoms with E-state index in [1.807, 2.05) is 33.0 Å². The van der Waals surface area contributed by atoms with Crippen molar-refractivity contribution < 1.29 is 23.2 Å². The Morgan fingerprint density at radius 3 is 2.30 bits per heavy atom. The molecule has 50 heavy (non-hydrogen) atoms. The van der Waals surface area contributed by atoms with E-state index in [1.54, 1.807) is 11.0 Å². The van der Waals surface area contributed by atoms with Crippen LogP contribution in [0.2, 0.25) is 0 Å². The second-order valence-corrected chi connectivity index (χ2v) is 13.9. The number of halogens is 2. The molecule has 3 atom stereocenters. The third-order valence-electron chi connectivity index (χ3n) is 9.08. The molecule has 3 aromatic rings. The largest absolute Gasteiger partial charge is 0.354 e. The Morgan fingerprint density at radius 2 is 1.68 bits per heavy atom. The molecule has 1 saturated heterocycles. The van der Waals surface area contributed by atoms with E-state index in [0.717, 1.165) is 37.9 Å². The number of amides is 3. The van der Waals surface area contributed by atoms with E-state index in [1.165, 1.54) is 40.8 Å². The van der Waals surface area contributed by atoms with E-state index in [-0.39, 0.29) is 37.2 Å². The van der Waals surface area contributed by atoms with Crippen LogP contribution in [0.5, 0.6) is 0 Å². The summed E-state index contributed by atoms with van der Waals surface area (Å²) in [5, 5.41) is 5.34. The molecule has 1 fully saturated rings. The fraction of sp³-hybridized carbons (Fsp3) is 0.475. The number of rotatable bonds is 14. The minimum atomic E-state index is -0.963. The third kappa shape index (κ3) is 13.3. The van der Waals surface area contributed by atoms with Gasteiger partial charge in [0.15, 0.2) is 11.6 Å². The Morgan fingerprint density at radius 1 is 1.02 bits per heavy atom. The maximum Gasteiger partial charge on any atom is 0.246 e. The minimum absolute atomic E-state index is 0. The van der Waals surface area contributed by atoms with Gasteiger partial charge in [0.1, 0.15) is 6.04 Å². The molecule has 1 aliphatic heterocycles. The van der Waals surface area contributed by atoms with E-state index >= 15 is 0 Å². The lowest BCUT2D eigenvalue weighted by atomic mass is 10.0. The van der Waals surface area contributed by atoms with Crippen molar-refractivity contribution >= 4 is 29.0 Å². The summed E-state index contributed by atoms with van der Waals surface area (Å²) in [4.78, 5) is 41.1. The van der Waals surface area contributed by atoms with Gasteiger partial charge in [0.05, 0.1) is 0 Å². The predicted octanol–water partition coefficient (Wildman–Crippen LogP) is 6.11. The van der Waals surface area contributed by atoms with Crippen molar-refractivity contribution in [1.29, 1.82) is 0 Å². The van der Waals surface area contributed by atoms with E-state index in [0.29, 0.717) is 31.0 Å². The van der Waals surface area contributed by atoms with Crippen LogP contribution in [0.15, 0.2) is 72.8 Å². The number of nitrogens with one attached hydrogen (secondary N) is 1. The molecule has 3 amide bonds.